The molecule has 0 amide bonds. The van der Waals surface area contributed by atoms with E-state index in [1.165, 1.54) is 21.9 Å². The van der Waals surface area contributed by atoms with E-state index >= 15 is 0 Å². The van der Waals surface area contributed by atoms with E-state index in [1.54, 1.807) is 0 Å². The molecule has 4 rings (SSSR count). The first-order valence-electron chi connectivity index (χ1n) is 10.6. The normalized spacial score (nSPS) is 19.9. The minimum atomic E-state index is -2.54. The fraction of sp³-hybridized carbons (Fsp3) is 0.296. The average Bonchev–Trinajstić information content (AvgIpc) is 3.35. The smallest absolute Gasteiger partial charge is 0.261 e. The highest BCUT2D eigenvalue weighted by Gasteiger charge is 2.61. The second-order valence-corrected chi connectivity index (χ2v) is 13.6. The quantitative estimate of drug-likeness (QED) is 0.494. The zero-order valence-corrected chi connectivity index (χ0v) is 19.0. The van der Waals surface area contributed by atoms with Crippen LogP contribution in [0.5, 0.6) is 0 Å². The number of hydrogen-bond acceptors (Lipinski definition) is 1. The lowest BCUT2D eigenvalue weighted by molar-refractivity contribution is 0.171. The molecule has 1 unspecified atom stereocenters. The summed E-state index contributed by atoms with van der Waals surface area (Å²) in [6, 6.07) is 32.7. The summed E-state index contributed by atoms with van der Waals surface area (Å²) in [4.78, 5) is 0. The fourth-order valence-electron chi connectivity index (χ4n) is 4.62. The summed E-state index contributed by atoms with van der Waals surface area (Å²) < 4.78 is 7.49. The maximum absolute atomic E-state index is 7.49. The van der Waals surface area contributed by atoms with Gasteiger partial charge in [-0.15, -0.1) is 0 Å². The van der Waals surface area contributed by atoms with Crippen LogP contribution in [-0.2, 0) is 10.8 Å². The summed E-state index contributed by atoms with van der Waals surface area (Å²) in [6.07, 6.45) is 2.00. The standard InChI is InChI=1S/C27H31OSi/c1-22-20-27(22,21-23-14-8-5-9-15-23)28-29(26(2,3)4,24-16-10-6-11-17-24)25-18-12-7-13-19-25/h5-19H,20-21H2,1-4H3. The van der Waals surface area contributed by atoms with Gasteiger partial charge in [0.05, 0.1) is 5.60 Å². The molecule has 0 bridgehead atoms. The number of benzene rings is 3. The van der Waals surface area contributed by atoms with Gasteiger partial charge in [-0.3, -0.25) is 0 Å². The van der Waals surface area contributed by atoms with Gasteiger partial charge in [-0.05, 0) is 27.4 Å². The molecular formula is C27H31OSi. The van der Waals surface area contributed by atoms with Gasteiger partial charge in [-0.1, -0.05) is 119 Å². The zero-order valence-electron chi connectivity index (χ0n) is 18.0. The van der Waals surface area contributed by atoms with Crippen LogP contribution < -0.4 is 10.4 Å². The van der Waals surface area contributed by atoms with Crippen molar-refractivity contribution in [3.05, 3.63) is 102 Å². The van der Waals surface area contributed by atoms with Crippen molar-refractivity contribution in [3.8, 4) is 0 Å². The fourth-order valence-corrected chi connectivity index (χ4v) is 9.46. The van der Waals surface area contributed by atoms with Gasteiger partial charge in [0.15, 0.2) is 0 Å². The number of hydrogen-bond donors (Lipinski definition) is 0. The Labute approximate surface area is 176 Å². The summed E-state index contributed by atoms with van der Waals surface area (Å²) in [5.41, 5.74) is 1.19. The molecule has 1 aliphatic rings. The van der Waals surface area contributed by atoms with Crippen LogP contribution in [0.3, 0.4) is 0 Å². The highest BCUT2D eigenvalue weighted by Crippen LogP contribution is 2.54. The Bertz CT molecular complexity index is 891. The van der Waals surface area contributed by atoms with Crippen molar-refractivity contribution in [1.82, 2.24) is 0 Å². The maximum atomic E-state index is 7.49. The molecule has 149 valence electrons. The van der Waals surface area contributed by atoms with E-state index < -0.39 is 8.32 Å². The molecule has 1 aliphatic carbocycles. The Morgan fingerprint density at radius 3 is 1.55 bits per heavy atom. The summed E-state index contributed by atoms with van der Waals surface area (Å²) in [5, 5.41) is 2.71. The van der Waals surface area contributed by atoms with E-state index in [4.69, 9.17) is 4.43 Å². The molecule has 3 aromatic rings. The van der Waals surface area contributed by atoms with Crippen molar-refractivity contribution in [2.24, 2.45) is 0 Å². The Morgan fingerprint density at radius 2 is 1.17 bits per heavy atom. The van der Waals surface area contributed by atoms with E-state index in [-0.39, 0.29) is 10.6 Å². The Hall–Kier alpha value is -2.16. The van der Waals surface area contributed by atoms with Crippen LogP contribution >= 0.6 is 0 Å². The van der Waals surface area contributed by atoms with E-state index in [9.17, 15) is 0 Å². The molecular weight excluding hydrogens is 368 g/mol. The van der Waals surface area contributed by atoms with Crippen LogP contribution in [0.2, 0.25) is 5.04 Å². The Kier molecular flexibility index (Phi) is 5.26. The summed E-state index contributed by atoms with van der Waals surface area (Å²) in [5.74, 6) is 1.47. The van der Waals surface area contributed by atoms with Gasteiger partial charge in [-0.25, -0.2) is 0 Å². The predicted octanol–water partition coefficient (Wildman–Crippen LogP) is 5.54. The van der Waals surface area contributed by atoms with Crippen molar-refractivity contribution in [1.29, 1.82) is 0 Å². The SMILES string of the molecule is C[C]1CC1(Cc1ccccc1)O[Si](c1ccccc1)(c1ccccc1)C(C)(C)C. The van der Waals surface area contributed by atoms with E-state index in [1.807, 2.05) is 0 Å². The van der Waals surface area contributed by atoms with Gasteiger partial charge in [0.2, 0.25) is 0 Å². The second kappa shape index (κ2) is 7.59. The van der Waals surface area contributed by atoms with Crippen LogP contribution in [0.25, 0.3) is 0 Å². The van der Waals surface area contributed by atoms with Gasteiger partial charge in [0, 0.05) is 12.3 Å². The molecule has 0 saturated heterocycles. The lowest BCUT2D eigenvalue weighted by Crippen LogP contribution is -2.68. The summed E-state index contributed by atoms with van der Waals surface area (Å²) in [7, 11) is -2.54. The molecule has 0 N–H and O–H groups in total. The second-order valence-electron chi connectivity index (χ2n) is 9.38. The minimum Gasteiger partial charge on any atom is -0.401 e. The van der Waals surface area contributed by atoms with E-state index in [2.05, 4.69) is 119 Å². The van der Waals surface area contributed by atoms with E-state index in [0.717, 1.165) is 12.8 Å². The van der Waals surface area contributed by atoms with Gasteiger partial charge < -0.3 is 4.43 Å². The highest BCUT2D eigenvalue weighted by molar-refractivity contribution is 6.99. The van der Waals surface area contributed by atoms with Crippen LogP contribution in [0, 0.1) is 5.92 Å². The van der Waals surface area contributed by atoms with Crippen molar-refractivity contribution < 1.29 is 4.43 Å². The molecule has 29 heavy (non-hydrogen) atoms. The minimum absolute atomic E-state index is 0.00225. The van der Waals surface area contributed by atoms with Crippen molar-refractivity contribution >= 4 is 18.7 Å². The van der Waals surface area contributed by atoms with Gasteiger partial charge in [-0.2, -0.15) is 0 Å². The first-order chi connectivity index (χ1) is 13.9. The molecule has 1 atom stereocenters. The molecule has 1 nitrogen and oxygen atoms in total. The predicted molar refractivity (Wildman–Crippen MR) is 125 cm³/mol. The first-order valence-corrected chi connectivity index (χ1v) is 12.5. The lowest BCUT2D eigenvalue weighted by Gasteiger charge is -2.46. The van der Waals surface area contributed by atoms with Gasteiger partial charge >= 0.3 is 0 Å². The Morgan fingerprint density at radius 1 is 0.759 bits per heavy atom. The van der Waals surface area contributed by atoms with Crippen LogP contribution in [0.1, 0.15) is 39.7 Å². The molecule has 0 heterocycles. The molecule has 1 fully saturated rings. The monoisotopic (exact) mass is 399 g/mol. The topological polar surface area (TPSA) is 9.23 Å². The molecule has 1 saturated carbocycles. The molecule has 0 spiro atoms. The highest BCUT2D eigenvalue weighted by atomic mass is 28.4. The third-order valence-electron chi connectivity index (χ3n) is 6.30. The summed E-state index contributed by atoms with van der Waals surface area (Å²) in [6.45, 7) is 9.33. The number of rotatable bonds is 6. The Balaban J connectivity index is 1.85. The molecule has 2 heteroatoms. The van der Waals surface area contributed by atoms with E-state index in [0.29, 0.717) is 0 Å². The molecule has 3 aromatic carbocycles. The largest absolute Gasteiger partial charge is 0.401 e. The van der Waals surface area contributed by atoms with Gasteiger partial charge in [0.1, 0.15) is 0 Å². The lowest BCUT2D eigenvalue weighted by atomic mass is 10.1. The van der Waals surface area contributed by atoms with Gasteiger partial charge in [0.25, 0.3) is 8.32 Å². The van der Waals surface area contributed by atoms with Crippen molar-refractivity contribution in [2.75, 3.05) is 0 Å². The van der Waals surface area contributed by atoms with Crippen LogP contribution in [-0.4, -0.2) is 13.9 Å². The third-order valence-corrected chi connectivity index (χ3v) is 11.4. The molecule has 0 aromatic heterocycles. The van der Waals surface area contributed by atoms with Crippen LogP contribution in [0.4, 0.5) is 0 Å². The zero-order chi connectivity index (χ0) is 20.5. The third kappa shape index (κ3) is 3.72. The average molecular weight is 400 g/mol. The van der Waals surface area contributed by atoms with Crippen LogP contribution in [0.15, 0.2) is 91.0 Å². The first kappa shape index (κ1) is 20.1. The van der Waals surface area contributed by atoms with Crippen molar-refractivity contribution in [2.45, 2.75) is 51.2 Å². The molecule has 1 radical (unpaired) electrons. The maximum Gasteiger partial charge on any atom is 0.261 e. The molecule has 0 aliphatic heterocycles. The van der Waals surface area contributed by atoms with Crippen molar-refractivity contribution in [3.63, 3.8) is 0 Å². The summed E-state index contributed by atoms with van der Waals surface area (Å²) >= 11 is 0.